The first-order valence-electron chi connectivity index (χ1n) is 8.69. The maximum absolute atomic E-state index is 12.7. The Kier molecular flexibility index (Phi) is 8.85. The summed E-state index contributed by atoms with van der Waals surface area (Å²) >= 11 is 8.99. The highest BCUT2D eigenvalue weighted by molar-refractivity contribution is 7.83. The topological polar surface area (TPSA) is 76.7 Å². The molecule has 0 bridgehead atoms. The highest BCUT2D eigenvalue weighted by Gasteiger charge is 2.21. The highest BCUT2D eigenvalue weighted by Crippen LogP contribution is 2.36. The van der Waals surface area contributed by atoms with Crippen LogP contribution in [0.5, 0.6) is 0 Å². The quantitative estimate of drug-likeness (QED) is 0.372. The van der Waals surface area contributed by atoms with E-state index in [0.717, 1.165) is 0 Å². The normalized spacial score (nSPS) is 10.6. The molecule has 28 heavy (non-hydrogen) atoms. The number of carbonyl (C=O) groups excluding carboxylic acids is 2. The van der Waals surface area contributed by atoms with Crippen LogP contribution in [0.3, 0.4) is 0 Å². The zero-order valence-corrected chi connectivity index (χ0v) is 17.6. The SMILES string of the molecule is COCCNC(=O)c1ccccc1-c1c(C(=O)NCCOC)ccc(S)c1S. The molecular formula is C20H24N2O4S2. The summed E-state index contributed by atoms with van der Waals surface area (Å²) in [5.41, 5.74) is 2.02. The van der Waals surface area contributed by atoms with Crippen LogP contribution in [0, 0.1) is 0 Å². The second-order valence-electron chi connectivity index (χ2n) is 5.90. The van der Waals surface area contributed by atoms with Crippen molar-refractivity contribution in [3.63, 3.8) is 0 Å². The number of nitrogens with one attached hydrogen (secondary N) is 2. The van der Waals surface area contributed by atoms with E-state index in [1.807, 2.05) is 6.07 Å². The third-order valence-electron chi connectivity index (χ3n) is 4.03. The van der Waals surface area contributed by atoms with Gasteiger partial charge < -0.3 is 20.1 Å². The first-order chi connectivity index (χ1) is 13.5. The number of benzene rings is 2. The predicted octanol–water partition coefficient (Wildman–Crippen LogP) is 2.68. The van der Waals surface area contributed by atoms with E-state index in [2.05, 4.69) is 35.9 Å². The third-order valence-corrected chi connectivity index (χ3v) is 5.04. The standard InChI is InChI=1S/C20H24N2O4S2/c1-25-11-9-21-19(23)14-6-4-3-5-13(14)17-15(7-8-16(27)18(17)28)20(24)22-10-12-26-2/h3-8,27-28H,9-12H2,1-2H3,(H,21,23)(H,22,24). The lowest BCUT2D eigenvalue weighted by atomic mass is 9.94. The molecule has 0 aliphatic heterocycles. The number of thiol groups is 2. The van der Waals surface area contributed by atoms with E-state index in [1.54, 1.807) is 44.6 Å². The number of methoxy groups -OCH3 is 2. The molecule has 0 aromatic heterocycles. The van der Waals surface area contributed by atoms with Crippen molar-refractivity contribution in [2.24, 2.45) is 0 Å². The number of ether oxygens (including phenoxy) is 2. The smallest absolute Gasteiger partial charge is 0.252 e. The van der Waals surface area contributed by atoms with Crippen molar-refractivity contribution in [3.8, 4) is 11.1 Å². The van der Waals surface area contributed by atoms with Crippen LogP contribution < -0.4 is 10.6 Å². The van der Waals surface area contributed by atoms with Crippen molar-refractivity contribution >= 4 is 37.1 Å². The van der Waals surface area contributed by atoms with Gasteiger partial charge in [0, 0.05) is 53.8 Å². The molecule has 0 saturated heterocycles. The minimum atomic E-state index is -0.273. The van der Waals surface area contributed by atoms with Gasteiger partial charge in [-0.05, 0) is 23.8 Å². The predicted molar refractivity (Wildman–Crippen MR) is 115 cm³/mol. The maximum Gasteiger partial charge on any atom is 0.252 e. The average Bonchev–Trinajstić information content (AvgIpc) is 2.70. The molecule has 2 aromatic rings. The molecule has 0 aliphatic rings. The van der Waals surface area contributed by atoms with Gasteiger partial charge in [0.15, 0.2) is 0 Å². The van der Waals surface area contributed by atoms with Gasteiger partial charge in [-0.15, -0.1) is 25.3 Å². The van der Waals surface area contributed by atoms with E-state index in [4.69, 9.17) is 9.47 Å². The van der Waals surface area contributed by atoms with Crippen molar-refractivity contribution in [1.82, 2.24) is 10.6 Å². The van der Waals surface area contributed by atoms with Crippen molar-refractivity contribution in [2.75, 3.05) is 40.5 Å². The van der Waals surface area contributed by atoms with Crippen LogP contribution >= 0.6 is 25.3 Å². The molecule has 2 rings (SSSR count). The molecule has 0 unspecified atom stereocenters. The summed E-state index contributed by atoms with van der Waals surface area (Å²) in [6.45, 7) is 1.57. The lowest BCUT2D eigenvalue weighted by Crippen LogP contribution is -2.28. The molecule has 6 nitrogen and oxygen atoms in total. The van der Waals surface area contributed by atoms with Gasteiger partial charge in [0.05, 0.1) is 13.2 Å². The summed E-state index contributed by atoms with van der Waals surface area (Å²) in [5, 5.41) is 5.62. The number of carbonyl (C=O) groups is 2. The minimum Gasteiger partial charge on any atom is -0.383 e. The molecule has 0 heterocycles. The fourth-order valence-electron chi connectivity index (χ4n) is 2.66. The third kappa shape index (κ3) is 5.51. The Morgan fingerprint density at radius 1 is 0.857 bits per heavy atom. The Balaban J connectivity index is 2.48. The largest absolute Gasteiger partial charge is 0.383 e. The van der Waals surface area contributed by atoms with E-state index < -0.39 is 0 Å². The van der Waals surface area contributed by atoms with Crippen LogP contribution in [0.15, 0.2) is 46.2 Å². The number of hydrogen-bond acceptors (Lipinski definition) is 6. The van der Waals surface area contributed by atoms with Crippen molar-refractivity contribution in [1.29, 1.82) is 0 Å². The van der Waals surface area contributed by atoms with Crippen molar-refractivity contribution in [2.45, 2.75) is 9.79 Å². The van der Waals surface area contributed by atoms with Gasteiger partial charge >= 0.3 is 0 Å². The summed E-state index contributed by atoms with van der Waals surface area (Å²) in [5.74, 6) is -0.527. The van der Waals surface area contributed by atoms with Gasteiger partial charge in [0.1, 0.15) is 0 Å². The van der Waals surface area contributed by atoms with Crippen LogP contribution in [-0.2, 0) is 9.47 Å². The fourth-order valence-corrected chi connectivity index (χ4v) is 3.17. The van der Waals surface area contributed by atoms with Crippen LogP contribution in [0.4, 0.5) is 0 Å². The minimum absolute atomic E-state index is 0.254. The molecule has 2 amide bonds. The second-order valence-corrected chi connectivity index (χ2v) is 6.83. The van der Waals surface area contributed by atoms with Gasteiger partial charge in [-0.2, -0.15) is 0 Å². The molecule has 0 spiro atoms. The van der Waals surface area contributed by atoms with Gasteiger partial charge in [0.25, 0.3) is 11.8 Å². The molecule has 2 N–H and O–H groups in total. The Morgan fingerprint density at radius 2 is 1.43 bits per heavy atom. The van der Waals surface area contributed by atoms with Crippen LogP contribution in [0.1, 0.15) is 20.7 Å². The Labute approximate surface area is 175 Å². The number of rotatable bonds is 9. The van der Waals surface area contributed by atoms with Gasteiger partial charge in [-0.1, -0.05) is 18.2 Å². The number of hydrogen-bond donors (Lipinski definition) is 4. The first kappa shape index (κ1) is 22.3. The van der Waals surface area contributed by atoms with E-state index in [-0.39, 0.29) is 11.8 Å². The van der Waals surface area contributed by atoms with Crippen LogP contribution in [0.2, 0.25) is 0 Å². The van der Waals surface area contributed by atoms with Crippen LogP contribution in [-0.4, -0.2) is 52.3 Å². The summed E-state index contributed by atoms with van der Waals surface area (Å²) in [6.07, 6.45) is 0. The van der Waals surface area contributed by atoms with E-state index in [9.17, 15) is 9.59 Å². The monoisotopic (exact) mass is 420 g/mol. The summed E-state index contributed by atoms with van der Waals surface area (Å²) in [7, 11) is 3.14. The molecule has 150 valence electrons. The Bertz CT molecular complexity index is 843. The number of amides is 2. The molecule has 8 heteroatoms. The maximum atomic E-state index is 12.7. The molecular weight excluding hydrogens is 396 g/mol. The first-order valence-corrected chi connectivity index (χ1v) is 9.59. The van der Waals surface area contributed by atoms with Crippen LogP contribution in [0.25, 0.3) is 11.1 Å². The molecule has 0 fully saturated rings. The fraction of sp³-hybridized carbons (Fsp3) is 0.300. The molecule has 0 radical (unpaired) electrons. The Morgan fingerprint density at radius 3 is 2.04 bits per heavy atom. The average molecular weight is 421 g/mol. The summed E-state index contributed by atoms with van der Waals surface area (Å²) < 4.78 is 9.95. The molecule has 0 atom stereocenters. The summed E-state index contributed by atoms with van der Waals surface area (Å²) in [4.78, 5) is 26.5. The van der Waals surface area contributed by atoms with E-state index in [0.29, 0.717) is 58.3 Å². The zero-order valence-electron chi connectivity index (χ0n) is 15.8. The van der Waals surface area contributed by atoms with Gasteiger partial charge in [-0.3, -0.25) is 9.59 Å². The van der Waals surface area contributed by atoms with Gasteiger partial charge in [0.2, 0.25) is 0 Å². The zero-order chi connectivity index (χ0) is 20.5. The second kappa shape index (κ2) is 11.1. The van der Waals surface area contributed by atoms with Crippen molar-refractivity contribution < 1.29 is 19.1 Å². The van der Waals surface area contributed by atoms with Gasteiger partial charge in [-0.25, -0.2) is 0 Å². The lowest BCUT2D eigenvalue weighted by molar-refractivity contribution is 0.0928. The van der Waals surface area contributed by atoms with E-state index >= 15 is 0 Å². The van der Waals surface area contributed by atoms with Crippen molar-refractivity contribution in [3.05, 3.63) is 47.5 Å². The molecule has 2 aromatic carbocycles. The lowest BCUT2D eigenvalue weighted by Gasteiger charge is -2.17. The molecule has 0 saturated carbocycles. The summed E-state index contributed by atoms with van der Waals surface area (Å²) in [6, 6.07) is 10.5. The Hall–Kier alpha value is -2.00. The molecule has 0 aliphatic carbocycles. The highest BCUT2D eigenvalue weighted by atomic mass is 32.1. The van der Waals surface area contributed by atoms with E-state index in [1.165, 1.54) is 0 Å².